The van der Waals surface area contributed by atoms with E-state index in [0.717, 1.165) is 6.42 Å². The van der Waals surface area contributed by atoms with E-state index in [0.29, 0.717) is 18.9 Å². The van der Waals surface area contributed by atoms with Crippen molar-refractivity contribution in [3.8, 4) is 0 Å². The molecule has 2 nitrogen and oxygen atoms in total. The van der Waals surface area contributed by atoms with Crippen LogP contribution < -0.4 is 0 Å². The fraction of sp³-hybridized carbons (Fsp3) is 0.969. The Bertz CT molecular complexity index is 392. The van der Waals surface area contributed by atoms with Crippen LogP contribution in [0.15, 0.2) is 0 Å². The molecule has 2 heteroatoms. The Hall–Kier alpha value is -0.530. The normalized spacial score (nSPS) is 12.2. The van der Waals surface area contributed by atoms with E-state index in [9.17, 15) is 4.79 Å². The lowest BCUT2D eigenvalue weighted by molar-refractivity contribution is -0.145. The highest BCUT2D eigenvalue weighted by molar-refractivity contribution is 5.69. The van der Waals surface area contributed by atoms with E-state index < -0.39 is 0 Å². The van der Waals surface area contributed by atoms with Crippen molar-refractivity contribution in [1.82, 2.24) is 0 Å². The minimum atomic E-state index is 0.0477. The van der Waals surface area contributed by atoms with Gasteiger partial charge in [-0.2, -0.15) is 0 Å². The van der Waals surface area contributed by atoms with Gasteiger partial charge in [-0.3, -0.25) is 4.79 Å². The number of hydrogen-bond donors (Lipinski definition) is 0. The molecule has 0 bridgehead atoms. The van der Waals surface area contributed by atoms with Crippen molar-refractivity contribution in [2.45, 2.75) is 188 Å². The van der Waals surface area contributed by atoms with Crippen molar-refractivity contribution < 1.29 is 9.53 Å². The summed E-state index contributed by atoms with van der Waals surface area (Å²) in [5, 5.41) is 0. The van der Waals surface area contributed by atoms with Crippen molar-refractivity contribution in [3.63, 3.8) is 0 Å². The molecule has 0 saturated carbocycles. The minimum absolute atomic E-state index is 0.0477. The van der Waals surface area contributed by atoms with Crippen molar-refractivity contribution in [3.05, 3.63) is 0 Å². The third-order valence-corrected chi connectivity index (χ3v) is 7.40. The molecule has 0 aliphatic carbocycles. The Morgan fingerprint density at radius 1 is 0.471 bits per heavy atom. The third kappa shape index (κ3) is 26.1. The van der Waals surface area contributed by atoms with Crippen molar-refractivity contribution >= 4 is 5.97 Å². The van der Waals surface area contributed by atoms with Gasteiger partial charge in [0.1, 0.15) is 0 Å². The van der Waals surface area contributed by atoms with Gasteiger partial charge in [0.25, 0.3) is 0 Å². The first-order chi connectivity index (χ1) is 16.7. The highest BCUT2D eigenvalue weighted by atomic mass is 16.5. The zero-order valence-electron chi connectivity index (χ0n) is 24.0. The molecular formula is C32H64O2. The summed E-state index contributed by atoms with van der Waals surface area (Å²) in [5.41, 5.74) is 0. The number of carbonyl (C=O) groups is 1. The number of hydrogen-bond acceptors (Lipinski definition) is 2. The van der Waals surface area contributed by atoms with E-state index in [-0.39, 0.29) is 5.97 Å². The molecule has 0 N–H and O–H groups in total. The topological polar surface area (TPSA) is 26.3 Å². The van der Waals surface area contributed by atoms with Crippen LogP contribution in [0.2, 0.25) is 0 Å². The summed E-state index contributed by atoms with van der Waals surface area (Å²) in [6.45, 7) is 7.50. The molecule has 0 amide bonds. The van der Waals surface area contributed by atoms with Crippen LogP contribution in [0.3, 0.4) is 0 Å². The Morgan fingerprint density at radius 2 is 0.794 bits per heavy atom. The van der Waals surface area contributed by atoms with Gasteiger partial charge in [0, 0.05) is 6.42 Å². The summed E-state index contributed by atoms with van der Waals surface area (Å²) in [5.74, 6) is 0.630. The molecule has 1 unspecified atom stereocenters. The fourth-order valence-corrected chi connectivity index (χ4v) is 4.95. The van der Waals surface area contributed by atoms with Crippen LogP contribution in [0.25, 0.3) is 0 Å². The van der Waals surface area contributed by atoms with Gasteiger partial charge < -0.3 is 4.74 Å². The molecule has 1 atom stereocenters. The first-order valence-corrected chi connectivity index (χ1v) is 15.9. The summed E-state index contributed by atoms with van der Waals surface area (Å²) in [7, 11) is 0. The molecule has 0 aromatic carbocycles. The van der Waals surface area contributed by atoms with Gasteiger partial charge in [-0.1, -0.05) is 162 Å². The van der Waals surface area contributed by atoms with Crippen molar-refractivity contribution in [2.75, 3.05) is 6.61 Å². The summed E-state index contributed by atoms with van der Waals surface area (Å²) in [6.07, 6.45) is 33.8. The second kappa shape index (κ2) is 28.7. The quantitative estimate of drug-likeness (QED) is 0.0821. The first kappa shape index (κ1) is 33.5. The van der Waals surface area contributed by atoms with Crippen LogP contribution in [0, 0.1) is 5.92 Å². The Balaban J connectivity index is 3.84. The lowest BCUT2D eigenvalue weighted by Gasteiger charge is -2.17. The molecule has 0 aliphatic heterocycles. The molecule has 0 fully saturated rings. The molecule has 204 valence electrons. The van der Waals surface area contributed by atoms with Gasteiger partial charge in [-0.05, 0) is 25.2 Å². The van der Waals surface area contributed by atoms with Crippen LogP contribution in [0.4, 0.5) is 0 Å². The van der Waals surface area contributed by atoms with E-state index in [1.165, 1.54) is 154 Å². The lowest BCUT2D eigenvalue weighted by Crippen LogP contribution is -2.14. The SMILES string of the molecule is CCCCCCCCCCCCCC(=O)OCC(CCCCCCC)CCCCCCCCC. The highest BCUT2D eigenvalue weighted by Gasteiger charge is 2.12. The van der Waals surface area contributed by atoms with Crippen LogP contribution >= 0.6 is 0 Å². The number of rotatable bonds is 28. The van der Waals surface area contributed by atoms with Crippen LogP contribution in [-0.4, -0.2) is 12.6 Å². The lowest BCUT2D eigenvalue weighted by atomic mass is 9.95. The molecule has 0 rings (SSSR count). The molecule has 0 saturated heterocycles. The van der Waals surface area contributed by atoms with E-state index in [1.807, 2.05) is 0 Å². The van der Waals surface area contributed by atoms with Crippen LogP contribution in [0.5, 0.6) is 0 Å². The smallest absolute Gasteiger partial charge is 0.305 e. The van der Waals surface area contributed by atoms with Crippen molar-refractivity contribution in [2.24, 2.45) is 5.92 Å². The monoisotopic (exact) mass is 480 g/mol. The van der Waals surface area contributed by atoms with Gasteiger partial charge in [0.15, 0.2) is 0 Å². The third-order valence-electron chi connectivity index (χ3n) is 7.40. The Kier molecular flexibility index (Phi) is 28.3. The zero-order valence-corrected chi connectivity index (χ0v) is 24.0. The molecule has 0 radical (unpaired) electrons. The molecule has 34 heavy (non-hydrogen) atoms. The average molecular weight is 481 g/mol. The maximum atomic E-state index is 12.3. The molecule has 0 aliphatic rings. The van der Waals surface area contributed by atoms with Gasteiger partial charge in [0.2, 0.25) is 0 Å². The van der Waals surface area contributed by atoms with E-state index in [4.69, 9.17) is 4.74 Å². The summed E-state index contributed by atoms with van der Waals surface area (Å²) < 4.78 is 5.75. The van der Waals surface area contributed by atoms with Gasteiger partial charge >= 0.3 is 5.97 Å². The van der Waals surface area contributed by atoms with Crippen LogP contribution in [0.1, 0.15) is 188 Å². The second-order valence-corrected chi connectivity index (χ2v) is 10.9. The van der Waals surface area contributed by atoms with Gasteiger partial charge in [-0.25, -0.2) is 0 Å². The number of unbranched alkanes of at least 4 members (excludes halogenated alkanes) is 20. The summed E-state index contributed by atoms with van der Waals surface area (Å²) in [4.78, 5) is 12.3. The molecular weight excluding hydrogens is 416 g/mol. The second-order valence-electron chi connectivity index (χ2n) is 10.9. The maximum Gasteiger partial charge on any atom is 0.305 e. The number of ether oxygens (including phenoxy) is 1. The predicted molar refractivity (Wildman–Crippen MR) is 152 cm³/mol. The van der Waals surface area contributed by atoms with E-state index in [2.05, 4.69) is 20.8 Å². The first-order valence-electron chi connectivity index (χ1n) is 15.9. The summed E-state index contributed by atoms with van der Waals surface area (Å²) in [6, 6.07) is 0. The Labute approximate surface area is 215 Å². The molecule has 0 aromatic heterocycles. The van der Waals surface area contributed by atoms with Crippen LogP contribution in [-0.2, 0) is 9.53 Å². The predicted octanol–water partition coefficient (Wildman–Crippen LogP) is 11.3. The zero-order chi connectivity index (χ0) is 25.0. The summed E-state index contributed by atoms with van der Waals surface area (Å²) >= 11 is 0. The highest BCUT2D eigenvalue weighted by Crippen LogP contribution is 2.20. The maximum absolute atomic E-state index is 12.3. The molecule has 0 heterocycles. The fourth-order valence-electron chi connectivity index (χ4n) is 4.95. The average Bonchev–Trinajstić information content (AvgIpc) is 2.84. The minimum Gasteiger partial charge on any atom is -0.465 e. The van der Waals surface area contributed by atoms with E-state index in [1.54, 1.807) is 0 Å². The van der Waals surface area contributed by atoms with Crippen molar-refractivity contribution in [1.29, 1.82) is 0 Å². The standard InChI is InChI=1S/C32H64O2/c1-4-7-10-13-15-16-17-18-20-23-26-29-32(33)34-30-31(27-24-21-12-9-6-3)28-25-22-19-14-11-8-5-2/h31H,4-30H2,1-3H3. The van der Waals surface area contributed by atoms with Gasteiger partial charge in [0.05, 0.1) is 6.61 Å². The molecule has 0 aromatic rings. The Morgan fingerprint density at radius 3 is 1.18 bits per heavy atom. The number of esters is 1. The molecule has 0 spiro atoms. The largest absolute Gasteiger partial charge is 0.465 e. The van der Waals surface area contributed by atoms with Gasteiger partial charge in [-0.15, -0.1) is 0 Å². The van der Waals surface area contributed by atoms with E-state index >= 15 is 0 Å². The number of carbonyl (C=O) groups excluding carboxylic acids is 1.